The second-order valence-electron chi connectivity index (χ2n) is 3.78. The number of hydrogen-bond donors (Lipinski definition) is 3. The van der Waals surface area contributed by atoms with Crippen molar-refractivity contribution in [3.05, 3.63) is 29.8 Å². The van der Waals surface area contributed by atoms with E-state index in [0.717, 1.165) is 5.56 Å². The molecule has 0 radical (unpaired) electrons. The van der Waals surface area contributed by atoms with Crippen LogP contribution in [0.15, 0.2) is 24.3 Å². The standard InChI is InChI=1S/C12H14N2O4/c13-10(15)7-8-1-3-9(4-2-8)14-11(16)5-6-12(17)18/h1-4H,5-7H2,(H2,13,15)(H,14,16)(H,17,18). The van der Waals surface area contributed by atoms with E-state index in [4.69, 9.17) is 10.8 Å². The molecule has 1 aromatic rings. The fourth-order valence-corrected chi connectivity index (χ4v) is 1.35. The zero-order valence-corrected chi connectivity index (χ0v) is 9.68. The number of primary amides is 1. The number of nitrogens with two attached hydrogens (primary N) is 1. The Hall–Kier alpha value is -2.37. The number of amides is 2. The molecule has 4 N–H and O–H groups in total. The summed E-state index contributed by atoms with van der Waals surface area (Å²) in [6.07, 6.45) is -0.128. The van der Waals surface area contributed by atoms with Crippen molar-refractivity contribution in [2.24, 2.45) is 5.73 Å². The molecule has 0 heterocycles. The van der Waals surface area contributed by atoms with Gasteiger partial charge in [-0.05, 0) is 17.7 Å². The van der Waals surface area contributed by atoms with E-state index in [0.29, 0.717) is 5.69 Å². The van der Waals surface area contributed by atoms with Gasteiger partial charge in [0, 0.05) is 12.1 Å². The third kappa shape index (κ3) is 5.11. The monoisotopic (exact) mass is 250 g/mol. The first kappa shape index (κ1) is 13.7. The maximum absolute atomic E-state index is 11.3. The highest BCUT2D eigenvalue weighted by Crippen LogP contribution is 2.10. The molecule has 0 aromatic heterocycles. The number of carboxylic acids is 1. The van der Waals surface area contributed by atoms with Gasteiger partial charge in [0.15, 0.2) is 0 Å². The van der Waals surface area contributed by atoms with Crippen LogP contribution in [0, 0.1) is 0 Å². The summed E-state index contributed by atoms with van der Waals surface area (Å²) in [6, 6.07) is 6.63. The summed E-state index contributed by atoms with van der Waals surface area (Å²) in [4.78, 5) is 32.3. The van der Waals surface area contributed by atoms with Gasteiger partial charge in [0.2, 0.25) is 11.8 Å². The zero-order chi connectivity index (χ0) is 13.5. The first-order chi connectivity index (χ1) is 8.47. The lowest BCUT2D eigenvalue weighted by Crippen LogP contribution is -2.14. The molecule has 0 aliphatic rings. The van der Waals surface area contributed by atoms with Crippen molar-refractivity contribution in [1.29, 1.82) is 0 Å². The SMILES string of the molecule is NC(=O)Cc1ccc(NC(=O)CCC(=O)O)cc1. The Bertz CT molecular complexity index is 454. The molecule has 0 bridgehead atoms. The van der Waals surface area contributed by atoms with Crippen molar-refractivity contribution in [3.8, 4) is 0 Å². The molecule has 0 aliphatic carbocycles. The van der Waals surface area contributed by atoms with Crippen LogP contribution in [-0.4, -0.2) is 22.9 Å². The van der Waals surface area contributed by atoms with Gasteiger partial charge >= 0.3 is 5.97 Å². The average molecular weight is 250 g/mol. The second-order valence-corrected chi connectivity index (χ2v) is 3.78. The number of rotatable bonds is 6. The highest BCUT2D eigenvalue weighted by Gasteiger charge is 2.06. The van der Waals surface area contributed by atoms with Crippen molar-refractivity contribution in [3.63, 3.8) is 0 Å². The lowest BCUT2D eigenvalue weighted by molar-refractivity contribution is -0.138. The van der Waals surface area contributed by atoms with Crippen molar-refractivity contribution < 1.29 is 19.5 Å². The van der Waals surface area contributed by atoms with Crippen LogP contribution in [0.25, 0.3) is 0 Å². The molecule has 6 heteroatoms. The number of hydrogen-bond acceptors (Lipinski definition) is 3. The minimum atomic E-state index is -1.01. The molecule has 1 aromatic carbocycles. The minimum Gasteiger partial charge on any atom is -0.481 e. The summed E-state index contributed by atoms with van der Waals surface area (Å²) in [5.41, 5.74) is 6.36. The highest BCUT2D eigenvalue weighted by molar-refractivity contribution is 5.92. The van der Waals surface area contributed by atoms with Crippen LogP contribution in [0.4, 0.5) is 5.69 Å². The third-order valence-corrected chi connectivity index (χ3v) is 2.18. The van der Waals surface area contributed by atoms with Crippen molar-refractivity contribution in [2.75, 3.05) is 5.32 Å². The van der Waals surface area contributed by atoms with Gasteiger partial charge in [-0.15, -0.1) is 0 Å². The van der Waals surface area contributed by atoms with Gasteiger partial charge in [-0.2, -0.15) is 0 Å². The van der Waals surface area contributed by atoms with E-state index in [-0.39, 0.29) is 25.2 Å². The number of anilines is 1. The Labute approximate surface area is 104 Å². The molecule has 0 saturated heterocycles. The third-order valence-electron chi connectivity index (χ3n) is 2.18. The normalized spacial score (nSPS) is 9.78. The molecule has 18 heavy (non-hydrogen) atoms. The maximum atomic E-state index is 11.3. The average Bonchev–Trinajstić information content (AvgIpc) is 2.28. The van der Waals surface area contributed by atoms with Crippen molar-refractivity contribution >= 4 is 23.5 Å². The van der Waals surface area contributed by atoms with Crippen LogP contribution < -0.4 is 11.1 Å². The van der Waals surface area contributed by atoms with Crippen LogP contribution in [0.2, 0.25) is 0 Å². The fourth-order valence-electron chi connectivity index (χ4n) is 1.35. The van der Waals surface area contributed by atoms with Crippen molar-refractivity contribution in [2.45, 2.75) is 19.3 Å². The van der Waals surface area contributed by atoms with E-state index < -0.39 is 11.9 Å². The lowest BCUT2D eigenvalue weighted by atomic mass is 10.1. The molecule has 0 atom stereocenters. The zero-order valence-electron chi connectivity index (χ0n) is 9.68. The molecule has 6 nitrogen and oxygen atoms in total. The van der Waals surface area contributed by atoms with Crippen LogP contribution in [0.5, 0.6) is 0 Å². The Morgan fingerprint density at radius 1 is 1.11 bits per heavy atom. The highest BCUT2D eigenvalue weighted by atomic mass is 16.4. The van der Waals surface area contributed by atoms with E-state index in [1.807, 2.05) is 0 Å². The second kappa shape index (κ2) is 6.39. The van der Waals surface area contributed by atoms with Gasteiger partial charge in [0.25, 0.3) is 0 Å². The molecule has 0 spiro atoms. The van der Waals surface area contributed by atoms with Gasteiger partial charge in [0.1, 0.15) is 0 Å². The minimum absolute atomic E-state index is 0.0711. The van der Waals surface area contributed by atoms with Crippen molar-refractivity contribution in [1.82, 2.24) is 0 Å². The summed E-state index contributed by atoms with van der Waals surface area (Å²) in [6.45, 7) is 0. The number of nitrogens with one attached hydrogen (secondary N) is 1. The van der Waals surface area contributed by atoms with Gasteiger partial charge < -0.3 is 16.2 Å². The molecular formula is C12H14N2O4. The number of carbonyl (C=O) groups is 3. The van der Waals surface area contributed by atoms with Gasteiger partial charge in [-0.25, -0.2) is 0 Å². The summed E-state index contributed by atoms with van der Waals surface area (Å²) < 4.78 is 0. The lowest BCUT2D eigenvalue weighted by Gasteiger charge is -2.05. The molecule has 2 amide bonds. The molecule has 0 aliphatic heterocycles. The smallest absolute Gasteiger partial charge is 0.303 e. The Balaban J connectivity index is 2.50. The molecular weight excluding hydrogens is 236 g/mol. The Morgan fingerprint density at radius 3 is 2.22 bits per heavy atom. The van der Waals surface area contributed by atoms with Gasteiger partial charge in [0.05, 0.1) is 12.8 Å². The number of aliphatic carboxylic acids is 1. The first-order valence-electron chi connectivity index (χ1n) is 5.36. The fraction of sp³-hybridized carbons (Fsp3) is 0.250. The number of carboxylic acid groups (broad SMARTS) is 1. The van der Waals surface area contributed by atoms with Crippen LogP contribution >= 0.6 is 0 Å². The maximum Gasteiger partial charge on any atom is 0.303 e. The van der Waals surface area contributed by atoms with E-state index in [2.05, 4.69) is 5.32 Å². The predicted molar refractivity (Wildman–Crippen MR) is 64.8 cm³/mol. The predicted octanol–water partition coefficient (Wildman–Crippen LogP) is 0.518. The summed E-state index contributed by atoms with van der Waals surface area (Å²) in [5, 5.41) is 11.0. The Morgan fingerprint density at radius 2 is 1.72 bits per heavy atom. The van der Waals surface area contributed by atoms with Crippen LogP contribution in [-0.2, 0) is 20.8 Å². The van der Waals surface area contributed by atoms with E-state index >= 15 is 0 Å². The summed E-state index contributed by atoms with van der Waals surface area (Å²) >= 11 is 0. The molecule has 96 valence electrons. The molecule has 0 fully saturated rings. The molecule has 1 rings (SSSR count). The van der Waals surface area contributed by atoms with E-state index in [1.54, 1.807) is 24.3 Å². The topological polar surface area (TPSA) is 109 Å². The molecule has 0 saturated carbocycles. The van der Waals surface area contributed by atoms with Gasteiger partial charge in [-0.3, -0.25) is 14.4 Å². The number of carbonyl (C=O) groups excluding carboxylic acids is 2. The Kier molecular flexibility index (Phi) is 4.86. The van der Waals surface area contributed by atoms with Crippen LogP contribution in [0.3, 0.4) is 0 Å². The van der Waals surface area contributed by atoms with E-state index in [9.17, 15) is 14.4 Å². The van der Waals surface area contributed by atoms with Crippen LogP contribution in [0.1, 0.15) is 18.4 Å². The first-order valence-corrected chi connectivity index (χ1v) is 5.36. The largest absolute Gasteiger partial charge is 0.481 e. The molecule has 0 unspecified atom stereocenters. The van der Waals surface area contributed by atoms with Gasteiger partial charge in [-0.1, -0.05) is 12.1 Å². The quantitative estimate of drug-likeness (QED) is 0.683. The summed E-state index contributed by atoms with van der Waals surface area (Å²) in [5.74, 6) is -1.80. The summed E-state index contributed by atoms with van der Waals surface area (Å²) in [7, 11) is 0. The van der Waals surface area contributed by atoms with E-state index in [1.165, 1.54) is 0 Å². The number of benzene rings is 1.